The summed E-state index contributed by atoms with van der Waals surface area (Å²) in [4.78, 5) is 14.3. The topological polar surface area (TPSA) is 20.3 Å². The Hall–Kier alpha value is -0.830. The first-order valence-electron chi connectivity index (χ1n) is 5.95. The molecule has 94 valence electrons. The van der Waals surface area contributed by atoms with Crippen LogP contribution < -0.4 is 0 Å². The largest absolute Gasteiger partial charge is 0.310 e. The lowest BCUT2D eigenvalue weighted by molar-refractivity contribution is -0.125. The molecule has 0 aliphatic heterocycles. The van der Waals surface area contributed by atoms with E-state index >= 15 is 0 Å². The molecule has 1 aliphatic carbocycles. The van der Waals surface area contributed by atoms with E-state index in [0.717, 1.165) is 12.1 Å². The monoisotopic (exact) mass is 297 g/mol. The molecular formula is C14H20BrNO. The van der Waals surface area contributed by atoms with E-state index in [-0.39, 0.29) is 11.9 Å². The van der Waals surface area contributed by atoms with Gasteiger partial charge in [-0.2, -0.15) is 0 Å². The number of hydrogen-bond acceptors (Lipinski definition) is 1. The molecule has 0 bridgehead atoms. The fraction of sp³-hybridized carbons (Fsp3) is 0.500. The first-order valence-corrected chi connectivity index (χ1v) is 6.86. The van der Waals surface area contributed by atoms with Crippen molar-refractivity contribution >= 4 is 21.8 Å². The number of alkyl halides is 1. The van der Waals surface area contributed by atoms with E-state index < -0.39 is 0 Å². The number of halogens is 1. The van der Waals surface area contributed by atoms with Gasteiger partial charge in [0.15, 0.2) is 0 Å². The summed E-state index contributed by atoms with van der Waals surface area (Å²) in [5.74, 6) is 0.0619. The van der Waals surface area contributed by atoms with E-state index in [2.05, 4.69) is 35.0 Å². The van der Waals surface area contributed by atoms with Crippen molar-refractivity contribution in [1.29, 1.82) is 0 Å². The lowest BCUT2D eigenvalue weighted by Gasteiger charge is -2.32. The highest BCUT2D eigenvalue weighted by Gasteiger charge is 2.23. The molecule has 1 atom stereocenters. The summed E-state index contributed by atoms with van der Waals surface area (Å²) in [7, 11) is 0. The molecule has 0 saturated heterocycles. The Morgan fingerprint density at radius 3 is 2.76 bits per heavy atom. The van der Waals surface area contributed by atoms with Crippen LogP contribution in [0.15, 0.2) is 35.6 Å². The Balaban J connectivity index is 3.07. The summed E-state index contributed by atoms with van der Waals surface area (Å²) in [5.41, 5.74) is 2.29. The second-order valence-electron chi connectivity index (χ2n) is 4.51. The van der Waals surface area contributed by atoms with Crippen molar-refractivity contribution in [2.75, 3.05) is 0 Å². The zero-order valence-corrected chi connectivity index (χ0v) is 12.5. The van der Waals surface area contributed by atoms with Gasteiger partial charge in [0.05, 0.1) is 0 Å². The van der Waals surface area contributed by atoms with E-state index in [4.69, 9.17) is 0 Å². The lowest BCUT2D eigenvalue weighted by atomic mass is 10.0. The maximum absolute atomic E-state index is 12.1. The maximum atomic E-state index is 12.1. The molecule has 0 aromatic carbocycles. The summed E-state index contributed by atoms with van der Waals surface area (Å²) in [5, 5.41) is 0. The van der Waals surface area contributed by atoms with E-state index in [1.165, 1.54) is 5.57 Å². The first-order chi connectivity index (χ1) is 7.97. The van der Waals surface area contributed by atoms with Crippen LogP contribution >= 0.6 is 15.9 Å². The molecule has 0 radical (unpaired) electrons. The predicted octanol–water partition coefficient (Wildman–Crippen LogP) is 3.80. The third-order valence-electron chi connectivity index (χ3n) is 2.75. The van der Waals surface area contributed by atoms with Crippen molar-refractivity contribution in [2.45, 2.75) is 45.0 Å². The molecule has 0 fully saturated rings. The summed E-state index contributed by atoms with van der Waals surface area (Å²) in [6, 6.07) is 0.176. The highest BCUT2D eigenvalue weighted by atomic mass is 79.9. The Morgan fingerprint density at radius 1 is 1.59 bits per heavy atom. The van der Waals surface area contributed by atoms with E-state index in [1.54, 1.807) is 12.2 Å². The summed E-state index contributed by atoms with van der Waals surface area (Å²) >= 11 is 3.58. The number of allylic oxidation sites excluding steroid dienone is 5. The second-order valence-corrected chi connectivity index (χ2v) is 5.69. The standard InChI is InChI=1S/C14H20BrNO/c1-5-6-14(17)16(10(2)3)13-9-12(15)8-7-11(13)4/h5-8,10,12H,9H2,1-4H3/b6-5+. The summed E-state index contributed by atoms with van der Waals surface area (Å²) in [6.07, 6.45) is 8.48. The van der Waals surface area contributed by atoms with Gasteiger partial charge >= 0.3 is 0 Å². The van der Waals surface area contributed by atoms with Crippen LogP contribution in [0.4, 0.5) is 0 Å². The molecule has 0 aromatic heterocycles. The molecule has 1 aliphatic rings. The average Bonchev–Trinajstić information content (AvgIpc) is 2.23. The molecule has 0 N–H and O–H groups in total. The van der Waals surface area contributed by atoms with Crippen LogP contribution in [0, 0.1) is 0 Å². The summed E-state index contributed by atoms with van der Waals surface area (Å²) in [6.45, 7) is 8.02. The van der Waals surface area contributed by atoms with Crippen molar-refractivity contribution in [3.63, 3.8) is 0 Å². The van der Waals surface area contributed by atoms with Crippen LogP contribution in [0.3, 0.4) is 0 Å². The fourth-order valence-corrected chi connectivity index (χ4v) is 2.43. The van der Waals surface area contributed by atoms with Gasteiger partial charge in [-0.3, -0.25) is 4.79 Å². The van der Waals surface area contributed by atoms with Crippen LogP contribution in [-0.2, 0) is 4.79 Å². The van der Waals surface area contributed by atoms with E-state index in [9.17, 15) is 4.79 Å². The van der Waals surface area contributed by atoms with Gasteiger partial charge in [-0.25, -0.2) is 0 Å². The van der Waals surface area contributed by atoms with Gasteiger partial charge in [0.1, 0.15) is 0 Å². The van der Waals surface area contributed by atoms with Crippen molar-refractivity contribution in [3.8, 4) is 0 Å². The van der Waals surface area contributed by atoms with Gasteiger partial charge < -0.3 is 4.90 Å². The highest BCUT2D eigenvalue weighted by molar-refractivity contribution is 9.09. The molecule has 1 unspecified atom stereocenters. The van der Waals surface area contributed by atoms with Crippen LogP contribution in [-0.4, -0.2) is 21.7 Å². The molecule has 1 rings (SSSR count). The molecule has 0 aromatic rings. The first kappa shape index (κ1) is 14.2. The Kier molecular flexibility index (Phi) is 5.19. The molecule has 0 heterocycles. The van der Waals surface area contributed by atoms with Crippen molar-refractivity contribution in [3.05, 3.63) is 35.6 Å². The quantitative estimate of drug-likeness (QED) is 0.573. The number of nitrogens with zero attached hydrogens (tertiary/aromatic N) is 1. The number of hydrogen-bond donors (Lipinski definition) is 0. The van der Waals surface area contributed by atoms with Crippen LogP contribution in [0.25, 0.3) is 0 Å². The van der Waals surface area contributed by atoms with Crippen LogP contribution in [0.5, 0.6) is 0 Å². The third kappa shape index (κ3) is 3.56. The van der Waals surface area contributed by atoms with E-state index in [1.807, 2.05) is 25.7 Å². The van der Waals surface area contributed by atoms with Gasteiger partial charge in [-0.05, 0) is 39.3 Å². The predicted molar refractivity (Wildman–Crippen MR) is 76.0 cm³/mol. The lowest BCUT2D eigenvalue weighted by Crippen LogP contribution is -2.37. The number of rotatable bonds is 3. The number of amides is 1. The Labute approximate surface area is 112 Å². The Morgan fingerprint density at radius 2 is 2.24 bits per heavy atom. The van der Waals surface area contributed by atoms with Gasteiger partial charge in [-0.15, -0.1) is 0 Å². The normalized spacial score (nSPS) is 20.5. The van der Waals surface area contributed by atoms with E-state index in [0.29, 0.717) is 4.83 Å². The average molecular weight is 298 g/mol. The molecule has 17 heavy (non-hydrogen) atoms. The fourth-order valence-electron chi connectivity index (χ4n) is 1.97. The molecule has 0 saturated carbocycles. The zero-order chi connectivity index (χ0) is 13.0. The second kappa shape index (κ2) is 6.20. The van der Waals surface area contributed by atoms with Gasteiger partial charge in [0, 0.05) is 23.0 Å². The Bertz CT molecular complexity index is 380. The number of carbonyl (C=O) groups excluding carboxylic acids is 1. The van der Waals surface area contributed by atoms with Crippen molar-refractivity contribution in [1.82, 2.24) is 4.90 Å². The van der Waals surface area contributed by atoms with Gasteiger partial charge in [0.2, 0.25) is 0 Å². The molecule has 0 spiro atoms. The highest BCUT2D eigenvalue weighted by Crippen LogP contribution is 2.28. The van der Waals surface area contributed by atoms with Gasteiger partial charge in [-0.1, -0.05) is 34.2 Å². The third-order valence-corrected chi connectivity index (χ3v) is 3.38. The van der Waals surface area contributed by atoms with Gasteiger partial charge in [0.25, 0.3) is 5.91 Å². The molecule has 1 amide bonds. The minimum absolute atomic E-state index is 0.0619. The number of carbonyl (C=O) groups is 1. The van der Waals surface area contributed by atoms with Crippen molar-refractivity contribution < 1.29 is 4.79 Å². The molecule has 2 nitrogen and oxygen atoms in total. The maximum Gasteiger partial charge on any atom is 0.250 e. The van der Waals surface area contributed by atoms with Crippen LogP contribution in [0.1, 0.15) is 34.1 Å². The zero-order valence-electron chi connectivity index (χ0n) is 10.9. The minimum Gasteiger partial charge on any atom is -0.310 e. The SMILES string of the molecule is C/C=C/C(=O)N(C1=C(C)C=CC(Br)C1)C(C)C. The molecular weight excluding hydrogens is 278 g/mol. The smallest absolute Gasteiger partial charge is 0.250 e. The molecule has 3 heteroatoms. The summed E-state index contributed by atoms with van der Waals surface area (Å²) < 4.78 is 0. The minimum atomic E-state index is 0.0619. The van der Waals surface area contributed by atoms with Crippen LogP contribution in [0.2, 0.25) is 0 Å². The van der Waals surface area contributed by atoms with Crippen molar-refractivity contribution in [2.24, 2.45) is 0 Å².